The molecule has 0 heterocycles. The van der Waals surface area contributed by atoms with Gasteiger partial charge in [0, 0.05) is 23.2 Å². The lowest BCUT2D eigenvalue weighted by Gasteiger charge is -2.26. The third-order valence-electron chi connectivity index (χ3n) is 2.93. The number of nitrogens with one attached hydrogen (secondary N) is 1. The number of ether oxygens (including phenoxy) is 1. The molecular weight excluding hydrogens is 210 g/mol. The number of rotatable bonds is 4. The Morgan fingerprint density at radius 2 is 2.27 bits per heavy atom. The average molecular weight is 226 g/mol. The molecule has 1 aliphatic carbocycles. The predicted octanol–water partition coefficient (Wildman–Crippen LogP) is 2.99. The van der Waals surface area contributed by atoms with Crippen LogP contribution < -0.4 is 10.1 Å². The second-order valence-corrected chi connectivity index (χ2v) is 4.40. The Balaban J connectivity index is 2.00. The van der Waals surface area contributed by atoms with Gasteiger partial charge < -0.3 is 10.1 Å². The summed E-state index contributed by atoms with van der Waals surface area (Å²) in [6.45, 7) is 0.842. The molecule has 1 N–H and O–H groups in total. The molecule has 1 aromatic carbocycles. The van der Waals surface area contributed by atoms with Crippen molar-refractivity contribution in [2.24, 2.45) is 0 Å². The Morgan fingerprint density at radius 1 is 1.47 bits per heavy atom. The fourth-order valence-electron chi connectivity index (χ4n) is 1.75. The molecule has 0 radical (unpaired) electrons. The van der Waals surface area contributed by atoms with Crippen molar-refractivity contribution in [2.45, 2.75) is 31.8 Å². The zero-order valence-electron chi connectivity index (χ0n) is 8.92. The fraction of sp³-hybridized carbons (Fsp3) is 0.500. The first kappa shape index (κ1) is 10.8. The SMILES string of the molecule is COc1ccc(Cl)cc1CNC1CCC1. The standard InChI is InChI=1S/C12H16ClNO/c1-15-12-6-5-10(13)7-9(12)8-14-11-3-2-4-11/h5-7,11,14H,2-4,8H2,1H3. The molecule has 0 amide bonds. The maximum absolute atomic E-state index is 5.95. The lowest BCUT2D eigenvalue weighted by molar-refractivity contribution is 0.334. The van der Waals surface area contributed by atoms with Gasteiger partial charge in [-0.2, -0.15) is 0 Å². The molecule has 1 saturated carbocycles. The van der Waals surface area contributed by atoms with E-state index in [9.17, 15) is 0 Å². The van der Waals surface area contributed by atoms with Gasteiger partial charge in [-0.1, -0.05) is 18.0 Å². The third kappa shape index (κ3) is 2.64. The van der Waals surface area contributed by atoms with Crippen molar-refractivity contribution < 1.29 is 4.74 Å². The maximum Gasteiger partial charge on any atom is 0.123 e. The minimum atomic E-state index is 0.689. The van der Waals surface area contributed by atoms with Gasteiger partial charge >= 0.3 is 0 Å². The Hall–Kier alpha value is -0.730. The molecule has 2 nitrogen and oxygen atoms in total. The van der Waals surface area contributed by atoms with E-state index in [1.807, 2.05) is 18.2 Å². The Morgan fingerprint density at radius 3 is 2.87 bits per heavy atom. The normalized spacial score (nSPS) is 16.1. The van der Waals surface area contributed by atoms with Crippen molar-refractivity contribution in [3.05, 3.63) is 28.8 Å². The van der Waals surface area contributed by atoms with Crippen LogP contribution in [0.5, 0.6) is 5.75 Å². The summed E-state index contributed by atoms with van der Waals surface area (Å²) in [5.41, 5.74) is 1.14. The molecule has 2 rings (SSSR count). The zero-order valence-corrected chi connectivity index (χ0v) is 9.68. The molecule has 0 spiro atoms. The van der Waals surface area contributed by atoms with E-state index in [-0.39, 0.29) is 0 Å². The van der Waals surface area contributed by atoms with Gasteiger partial charge in [0.15, 0.2) is 0 Å². The number of hydrogen-bond acceptors (Lipinski definition) is 2. The van der Waals surface area contributed by atoms with Crippen LogP contribution in [-0.2, 0) is 6.54 Å². The number of methoxy groups -OCH3 is 1. The maximum atomic E-state index is 5.95. The lowest BCUT2D eigenvalue weighted by Crippen LogP contribution is -2.34. The van der Waals surface area contributed by atoms with E-state index in [1.54, 1.807) is 7.11 Å². The summed E-state index contributed by atoms with van der Waals surface area (Å²) in [6.07, 6.45) is 3.94. The summed E-state index contributed by atoms with van der Waals surface area (Å²) in [4.78, 5) is 0. The molecule has 1 fully saturated rings. The molecule has 0 aromatic heterocycles. The average Bonchev–Trinajstić information content (AvgIpc) is 2.16. The summed E-state index contributed by atoms with van der Waals surface area (Å²) in [7, 11) is 1.69. The molecule has 1 aliphatic rings. The van der Waals surface area contributed by atoms with Gasteiger partial charge in [-0.25, -0.2) is 0 Å². The number of benzene rings is 1. The van der Waals surface area contributed by atoms with Crippen molar-refractivity contribution in [1.82, 2.24) is 5.32 Å². The van der Waals surface area contributed by atoms with Crippen LogP contribution in [0.1, 0.15) is 24.8 Å². The van der Waals surface area contributed by atoms with Gasteiger partial charge in [0.2, 0.25) is 0 Å². The third-order valence-corrected chi connectivity index (χ3v) is 3.16. The molecule has 3 heteroatoms. The lowest BCUT2D eigenvalue weighted by atomic mass is 9.93. The molecule has 82 valence electrons. The van der Waals surface area contributed by atoms with Crippen LogP contribution in [0.2, 0.25) is 5.02 Å². The summed E-state index contributed by atoms with van der Waals surface area (Å²) < 4.78 is 5.29. The van der Waals surface area contributed by atoms with Crippen molar-refractivity contribution in [2.75, 3.05) is 7.11 Å². The van der Waals surface area contributed by atoms with Crippen LogP contribution in [0.3, 0.4) is 0 Å². The highest BCUT2D eigenvalue weighted by Crippen LogP contribution is 2.24. The molecule has 1 aromatic rings. The van der Waals surface area contributed by atoms with Gasteiger partial charge in [0.1, 0.15) is 5.75 Å². The first-order valence-corrected chi connectivity index (χ1v) is 5.73. The van der Waals surface area contributed by atoms with Crippen molar-refractivity contribution >= 4 is 11.6 Å². The smallest absolute Gasteiger partial charge is 0.123 e. The molecule has 15 heavy (non-hydrogen) atoms. The second kappa shape index (κ2) is 4.86. The quantitative estimate of drug-likeness (QED) is 0.851. The molecule has 0 aliphatic heterocycles. The summed E-state index contributed by atoms with van der Waals surface area (Å²) in [5, 5.41) is 4.26. The first-order valence-electron chi connectivity index (χ1n) is 5.35. The van der Waals surface area contributed by atoms with Crippen LogP contribution in [-0.4, -0.2) is 13.2 Å². The van der Waals surface area contributed by atoms with Gasteiger partial charge in [0.25, 0.3) is 0 Å². The van der Waals surface area contributed by atoms with Gasteiger partial charge in [-0.3, -0.25) is 0 Å². The van der Waals surface area contributed by atoms with Crippen LogP contribution in [0.25, 0.3) is 0 Å². The van der Waals surface area contributed by atoms with E-state index in [0.717, 1.165) is 22.9 Å². The predicted molar refractivity (Wildman–Crippen MR) is 62.5 cm³/mol. The number of halogens is 1. The molecular formula is C12H16ClNO. The van der Waals surface area contributed by atoms with Gasteiger partial charge in [-0.15, -0.1) is 0 Å². The monoisotopic (exact) mass is 225 g/mol. The molecule has 0 saturated heterocycles. The summed E-state index contributed by atoms with van der Waals surface area (Å²) in [5.74, 6) is 0.909. The van der Waals surface area contributed by atoms with E-state index < -0.39 is 0 Å². The van der Waals surface area contributed by atoms with E-state index in [2.05, 4.69) is 5.32 Å². The molecule has 0 atom stereocenters. The Kier molecular flexibility index (Phi) is 3.49. The van der Waals surface area contributed by atoms with Crippen LogP contribution >= 0.6 is 11.6 Å². The molecule has 0 bridgehead atoms. The fourth-order valence-corrected chi connectivity index (χ4v) is 1.95. The van der Waals surface area contributed by atoms with Crippen molar-refractivity contribution in [3.63, 3.8) is 0 Å². The minimum absolute atomic E-state index is 0.689. The van der Waals surface area contributed by atoms with Gasteiger partial charge in [0.05, 0.1) is 7.11 Å². The summed E-state index contributed by atoms with van der Waals surface area (Å²) in [6, 6.07) is 6.42. The van der Waals surface area contributed by atoms with E-state index in [1.165, 1.54) is 19.3 Å². The Labute approximate surface area is 95.6 Å². The highest BCUT2D eigenvalue weighted by Gasteiger charge is 2.16. The van der Waals surface area contributed by atoms with Crippen molar-refractivity contribution in [3.8, 4) is 5.75 Å². The summed E-state index contributed by atoms with van der Waals surface area (Å²) >= 11 is 5.95. The highest BCUT2D eigenvalue weighted by molar-refractivity contribution is 6.30. The van der Waals surface area contributed by atoms with Crippen LogP contribution in [0, 0.1) is 0 Å². The molecule has 0 unspecified atom stereocenters. The van der Waals surface area contributed by atoms with Crippen molar-refractivity contribution in [1.29, 1.82) is 0 Å². The largest absolute Gasteiger partial charge is 0.496 e. The van der Waals surface area contributed by atoms with E-state index >= 15 is 0 Å². The first-order chi connectivity index (χ1) is 7.29. The van der Waals surface area contributed by atoms with E-state index in [0.29, 0.717) is 6.04 Å². The van der Waals surface area contributed by atoms with Crippen LogP contribution in [0.15, 0.2) is 18.2 Å². The van der Waals surface area contributed by atoms with Gasteiger partial charge in [-0.05, 0) is 31.0 Å². The minimum Gasteiger partial charge on any atom is -0.496 e. The zero-order chi connectivity index (χ0) is 10.7. The second-order valence-electron chi connectivity index (χ2n) is 3.96. The van der Waals surface area contributed by atoms with E-state index in [4.69, 9.17) is 16.3 Å². The highest BCUT2D eigenvalue weighted by atomic mass is 35.5. The topological polar surface area (TPSA) is 21.3 Å². The Bertz CT molecular complexity index is 336. The number of hydrogen-bond donors (Lipinski definition) is 1. The van der Waals surface area contributed by atoms with Crippen LogP contribution in [0.4, 0.5) is 0 Å².